The van der Waals surface area contributed by atoms with Crippen molar-refractivity contribution < 1.29 is 31.1 Å². The zero-order valence-corrected chi connectivity index (χ0v) is 14.1. The smallest absolute Gasteiger partial charge is 0.416 e. The first-order valence-electron chi connectivity index (χ1n) is 6.92. The van der Waals surface area contributed by atoms with E-state index in [2.05, 4.69) is 4.74 Å². The number of halogens is 3. The van der Waals surface area contributed by atoms with Gasteiger partial charge in [-0.1, -0.05) is 0 Å². The van der Waals surface area contributed by atoms with Crippen LogP contribution in [-0.2, 0) is 20.9 Å². The number of hydrogen-bond acceptors (Lipinski definition) is 4. The summed E-state index contributed by atoms with van der Waals surface area (Å²) in [6.07, 6.45) is -4.54. The molecule has 0 aliphatic carbocycles. The quantitative estimate of drug-likeness (QED) is 0.772. The van der Waals surface area contributed by atoms with Gasteiger partial charge in [-0.05, 0) is 48.5 Å². The van der Waals surface area contributed by atoms with Gasteiger partial charge in [0.25, 0.3) is 10.0 Å². The Morgan fingerprint density at radius 3 is 1.96 bits per heavy atom. The molecule has 2 rings (SSSR count). The van der Waals surface area contributed by atoms with Crippen molar-refractivity contribution in [2.45, 2.75) is 11.1 Å². The van der Waals surface area contributed by atoms with Crippen LogP contribution in [0.1, 0.15) is 15.9 Å². The summed E-state index contributed by atoms with van der Waals surface area (Å²) in [6.45, 7) is 0. The van der Waals surface area contributed by atoms with E-state index in [0.29, 0.717) is 12.1 Å². The first-order chi connectivity index (χ1) is 11.6. The topological polar surface area (TPSA) is 63.7 Å². The minimum Gasteiger partial charge on any atom is -0.465 e. The number of hydrogen-bond donors (Lipinski definition) is 0. The molecule has 0 radical (unpaired) electrons. The van der Waals surface area contributed by atoms with E-state index in [-0.39, 0.29) is 16.1 Å². The van der Waals surface area contributed by atoms with E-state index in [1.54, 1.807) is 0 Å². The van der Waals surface area contributed by atoms with E-state index in [0.717, 1.165) is 16.4 Å². The van der Waals surface area contributed by atoms with Crippen molar-refractivity contribution in [1.29, 1.82) is 0 Å². The molecule has 0 unspecified atom stereocenters. The predicted octanol–water partition coefficient (Wildman–Crippen LogP) is 3.32. The van der Waals surface area contributed by atoms with Gasteiger partial charge in [-0.25, -0.2) is 13.2 Å². The van der Waals surface area contributed by atoms with Crippen molar-refractivity contribution in [3.8, 4) is 0 Å². The number of alkyl halides is 3. The van der Waals surface area contributed by atoms with Gasteiger partial charge in [0.2, 0.25) is 0 Å². The monoisotopic (exact) mass is 373 g/mol. The van der Waals surface area contributed by atoms with Crippen molar-refractivity contribution >= 4 is 21.7 Å². The lowest BCUT2D eigenvalue weighted by atomic mass is 10.2. The first-order valence-corrected chi connectivity index (χ1v) is 8.36. The molecule has 0 bridgehead atoms. The first kappa shape index (κ1) is 18.8. The Balaban J connectivity index is 2.31. The third-order valence-corrected chi connectivity index (χ3v) is 5.29. The molecule has 0 fully saturated rings. The molecule has 9 heteroatoms. The van der Waals surface area contributed by atoms with Gasteiger partial charge in [0, 0.05) is 7.05 Å². The highest BCUT2D eigenvalue weighted by Crippen LogP contribution is 2.30. The largest absolute Gasteiger partial charge is 0.465 e. The fourth-order valence-electron chi connectivity index (χ4n) is 2.04. The van der Waals surface area contributed by atoms with Gasteiger partial charge in [0.05, 0.1) is 28.8 Å². The molecule has 0 spiro atoms. The van der Waals surface area contributed by atoms with Crippen LogP contribution in [0.2, 0.25) is 0 Å². The van der Waals surface area contributed by atoms with Crippen LogP contribution < -0.4 is 4.31 Å². The summed E-state index contributed by atoms with van der Waals surface area (Å²) in [7, 11) is -1.56. The minimum absolute atomic E-state index is 0.242. The van der Waals surface area contributed by atoms with Crippen LogP contribution in [-0.4, -0.2) is 28.5 Å². The second-order valence-electron chi connectivity index (χ2n) is 5.03. The van der Waals surface area contributed by atoms with Gasteiger partial charge in [-0.15, -0.1) is 0 Å². The van der Waals surface area contributed by atoms with Gasteiger partial charge in [-0.2, -0.15) is 13.2 Å². The number of ether oxygens (including phenoxy) is 1. The van der Waals surface area contributed by atoms with E-state index in [1.807, 2.05) is 0 Å². The number of benzene rings is 2. The van der Waals surface area contributed by atoms with Crippen molar-refractivity contribution in [1.82, 2.24) is 0 Å². The number of carbonyl (C=O) groups excluding carboxylic acids is 1. The Kier molecular flexibility index (Phi) is 5.07. The summed E-state index contributed by atoms with van der Waals surface area (Å²) in [4.78, 5) is 11.1. The molecule has 0 atom stereocenters. The fourth-order valence-corrected chi connectivity index (χ4v) is 3.23. The highest BCUT2D eigenvalue weighted by molar-refractivity contribution is 7.92. The Hall–Kier alpha value is -2.55. The van der Waals surface area contributed by atoms with Crippen LogP contribution in [0, 0.1) is 0 Å². The molecule has 0 N–H and O–H groups in total. The molecule has 0 saturated carbocycles. The van der Waals surface area contributed by atoms with E-state index < -0.39 is 27.7 Å². The van der Waals surface area contributed by atoms with Crippen molar-refractivity contribution in [3.63, 3.8) is 0 Å². The third-order valence-electron chi connectivity index (χ3n) is 3.49. The molecule has 0 aliphatic rings. The lowest BCUT2D eigenvalue weighted by Gasteiger charge is -2.20. The van der Waals surface area contributed by atoms with Crippen LogP contribution in [0.25, 0.3) is 0 Å². The van der Waals surface area contributed by atoms with Crippen molar-refractivity contribution in [3.05, 3.63) is 59.7 Å². The van der Waals surface area contributed by atoms with Gasteiger partial charge >= 0.3 is 12.1 Å². The van der Waals surface area contributed by atoms with Gasteiger partial charge < -0.3 is 4.74 Å². The van der Waals surface area contributed by atoms with Crippen molar-refractivity contribution in [2.75, 3.05) is 18.5 Å². The molecule has 5 nitrogen and oxygen atoms in total. The minimum atomic E-state index is -4.54. The lowest BCUT2D eigenvalue weighted by molar-refractivity contribution is -0.137. The summed E-state index contributed by atoms with van der Waals surface area (Å²) < 4.78 is 68.2. The van der Waals surface area contributed by atoms with Crippen LogP contribution in [0.15, 0.2) is 53.4 Å². The number of esters is 1. The molecule has 2 aromatic rings. The summed E-state index contributed by atoms with van der Waals surface area (Å²) in [5, 5.41) is 0. The average molecular weight is 373 g/mol. The predicted molar refractivity (Wildman–Crippen MR) is 84.8 cm³/mol. The normalized spacial score (nSPS) is 11.9. The summed E-state index contributed by atoms with van der Waals surface area (Å²) in [6, 6.07) is 8.79. The molecule has 0 heterocycles. The number of anilines is 1. The molecule has 0 saturated heterocycles. The van der Waals surface area contributed by atoms with E-state index in [1.165, 1.54) is 38.4 Å². The number of rotatable bonds is 4. The van der Waals surface area contributed by atoms with E-state index >= 15 is 0 Å². The molecule has 134 valence electrons. The number of sulfonamides is 1. The zero-order chi connectivity index (χ0) is 18.8. The lowest BCUT2D eigenvalue weighted by Crippen LogP contribution is -2.26. The summed E-state index contributed by atoms with van der Waals surface area (Å²) in [5.41, 5.74) is -0.448. The molecule has 2 aromatic carbocycles. The van der Waals surface area contributed by atoms with Gasteiger partial charge in [-0.3, -0.25) is 4.31 Å². The molecular formula is C16H14F3NO4S. The highest BCUT2D eigenvalue weighted by atomic mass is 32.2. The second-order valence-corrected chi connectivity index (χ2v) is 7.00. The second kappa shape index (κ2) is 6.75. The van der Waals surface area contributed by atoms with Crippen LogP contribution in [0.3, 0.4) is 0 Å². The Bertz CT molecular complexity index is 860. The summed E-state index contributed by atoms with van der Waals surface area (Å²) >= 11 is 0. The maximum Gasteiger partial charge on any atom is 0.416 e. The summed E-state index contributed by atoms with van der Waals surface area (Å²) in [5.74, 6) is -0.570. The number of nitrogens with zero attached hydrogens (tertiary/aromatic N) is 1. The molecule has 25 heavy (non-hydrogen) atoms. The van der Waals surface area contributed by atoms with Crippen LogP contribution in [0.5, 0.6) is 0 Å². The number of carbonyl (C=O) groups is 1. The SMILES string of the molecule is COC(=O)c1ccc(N(C)S(=O)(=O)c2ccc(C(F)(F)F)cc2)cc1. The Morgan fingerprint density at radius 1 is 1.00 bits per heavy atom. The van der Waals surface area contributed by atoms with E-state index in [4.69, 9.17) is 0 Å². The fraction of sp³-hybridized carbons (Fsp3) is 0.188. The van der Waals surface area contributed by atoms with Crippen LogP contribution in [0.4, 0.5) is 18.9 Å². The molecule has 0 aromatic heterocycles. The maximum atomic E-state index is 12.6. The number of methoxy groups -OCH3 is 1. The standard InChI is InChI=1S/C16H14F3NO4S/c1-20(13-7-3-11(4-8-13)15(21)24-2)25(22,23)14-9-5-12(6-10-14)16(17,18)19/h3-10H,1-2H3. The Labute approximate surface area is 142 Å². The maximum absolute atomic E-state index is 12.6. The van der Waals surface area contributed by atoms with Crippen LogP contribution >= 0.6 is 0 Å². The van der Waals surface area contributed by atoms with Gasteiger partial charge in [0.15, 0.2) is 0 Å². The zero-order valence-electron chi connectivity index (χ0n) is 13.2. The average Bonchev–Trinajstić information content (AvgIpc) is 2.60. The third kappa shape index (κ3) is 3.93. The molecule has 0 aliphatic heterocycles. The highest BCUT2D eigenvalue weighted by Gasteiger charge is 2.31. The van der Waals surface area contributed by atoms with Crippen molar-refractivity contribution in [2.24, 2.45) is 0 Å². The molecular weight excluding hydrogens is 359 g/mol. The molecule has 0 amide bonds. The Morgan fingerprint density at radius 2 is 1.52 bits per heavy atom. The van der Waals surface area contributed by atoms with Gasteiger partial charge in [0.1, 0.15) is 0 Å². The van der Waals surface area contributed by atoms with E-state index in [9.17, 15) is 26.4 Å².